The maximum atomic E-state index is 11.6. The van der Waals surface area contributed by atoms with E-state index in [2.05, 4.69) is 10.3 Å². The number of nitrogen functional groups attached to an aromatic ring is 1. The average molecular weight is 241 g/mol. The van der Waals surface area contributed by atoms with Gasteiger partial charge in [-0.1, -0.05) is 0 Å². The molecule has 7 nitrogen and oxygen atoms in total. The number of nitrogens with two attached hydrogens (primary N) is 1. The standard InChI is InChI=1S/C10H15N3O4/c11-6-2-1-4(10(17)13-6)7-9(16)8(15)5(3-14)12-7/h1-2,5,7-9,12,14-16H,3H2,(H3,11,13,17)/t5-,7?,8-,9+/m1/s1. The summed E-state index contributed by atoms with van der Waals surface area (Å²) in [5.41, 5.74) is 5.27. The summed E-state index contributed by atoms with van der Waals surface area (Å²) < 4.78 is 0. The van der Waals surface area contributed by atoms with Gasteiger partial charge in [0.15, 0.2) is 0 Å². The van der Waals surface area contributed by atoms with Crippen molar-refractivity contribution in [3.63, 3.8) is 0 Å². The molecule has 0 radical (unpaired) electrons. The zero-order valence-electron chi connectivity index (χ0n) is 9.00. The highest BCUT2D eigenvalue weighted by Gasteiger charge is 2.42. The summed E-state index contributed by atoms with van der Waals surface area (Å²) in [4.78, 5) is 14.1. The van der Waals surface area contributed by atoms with Gasteiger partial charge in [0.2, 0.25) is 0 Å². The molecule has 1 aliphatic rings. The number of rotatable bonds is 2. The second-order valence-electron chi connectivity index (χ2n) is 4.11. The van der Waals surface area contributed by atoms with Gasteiger partial charge in [-0.3, -0.25) is 4.79 Å². The third-order valence-electron chi connectivity index (χ3n) is 2.99. The van der Waals surface area contributed by atoms with Crippen molar-refractivity contribution in [3.8, 4) is 0 Å². The summed E-state index contributed by atoms with van der Waals surface area (Å²) >= 11 is 0. The molecular formula is C10H15N3O4. The average Bonchev–Trinajstić information content (AvgIpc) is 2.57. The number of hydrogen-bond acceptors (Lipinski definition) is 6. The van der Waals surface area contributed by atoms with Crippen molar-refractivity contribution in [2.45, 2.75) is 24.3 Å². The summed E-state index contributed by atoms with van der Waals surface area (Å²) in [6.07, 6.45) is -2.25. The summed E-state index contributed by atoms with van der Waals surface area (Å²) in [6, 6.07) is 1.63. The van der Waals surface area contributed by atoms with Crippen LogP contribution in [0.25, 0.3) is 0 Å². The quantitative estimate of drug-likeness (QED) is 0.344. The molecule has 1 unspecified atom stereocenters. The fourth-order valence-electron chi connectivity index (χ4n) is 2.04. The zero-order valence-corrected chi connectivity index (χ0v) is 9.00. The SMILES string of the molecule is Nc1ccc(C2N[C@H](CO)[C@@H](O)[C@H]2O)c(=O)[nH]1. The van der Waals surface area contributed by atoms with Gasteiger partial charge in [-0.2, -0.15) is 0 Å². The minimum atomic E-state index is -1.14. The predicted molar refractivity (Wildman–Crippen MR) is 60.2 cm³/mol. The maximum Gasteiger partial charge on any atom is 0.254 e. The van der Waals surface area contributed by atoms with Gasteiger partial charge >= 0.3 is 0 Å². The monoisotopic (exact) mass is 241 g/mol. The number of nitrogens with one attached hydrogen (secondary N) is 2. The van der Waals surface area contributed by atoms with Crippen LogP contribution in [0.5, 0.6) is 0 Å². The minimum absolute atomic E-state index is 0.227. The number of anilines is 1. The number of aliphatic hydroxyl groups excluding tert-OH is 3. The van der Waals surface area contributed by atoms with Gasteiger partial charge in [-0.25, -0.2) is 0 Å². The third kappa shape index (κ3) is 2.05. The number of aromatic amines is 1. The molecule has 0 amide bonds. The maximum absolute atomic E-state index is 11.6. The highest BCUT2D eigenvalue weighted by Crippen LogP contribution is 2.25. The van der Waals surface area contributed by atoms with Gasteiger partial charge in [0, 0.05) is 5.56 Å². The van der Waals surface area contributed by atoms with E-state index in [0.717, 1.165) is 0 Å². The topological polar surface area (TPSA) is 132 Å². The van der Waals surface area contributed by atoms with Gasteiger partial charge in [-0.15, -0.1) is 0 Å². The fourth-order valence-corrected chi connectivity index (χ4v) is 2.04. The number of aliphatic hydroxyl groups is 3. The molecule has 7 N–H and O–H groups in total. The molecule has 1 aromatic rings. The molecule has 2 heterocycles. The van der Waals surface area contributed by atoms with Gasteiger partial charge in [0.25, 0.3) is 5.56 Å². The van der Waals surface area contributed by atoms with Gasteiger partial charge < -0.3 is 31.4 Å². The molecule has 1 fully saturated rings. The van der Waals surface area contributed by atoms with Crippen LogP contribution in [0.1, 0.15) is 11.6 Å². The fraction of sp³-hybridized carbons (Fsp3) is 0.500. The molecule has 0 aromatic carbocycles. The first-order chi connectivity index (χ1) is 8.04. The van der Waals surface area contributed by atoms with Crippen molar-refractivity contribution in [1.82, 2.24) is 10.3 Å². The van der Waals surface area contributed by atoms with Crippen LogP contribution < -0.4 is 16.6 Å². The molecule has 4 atom stereocenters. The molecule has 1 aromatic heterocycles. The van der Waals surface area contributed by atoms with Crippen LogP contribution >= 0.6 is 0 Å². The Kier molecular flexibility index (Phi) is 3.16. The Morgan fingerprint density at radius 3 is 2.53 bits per heavy atom. The summed E-state index contributed by atoms with van der Waals surface area (Å²) in [5.74, 6) is 0.227. The first kappa shape index (κ1) is 12.1. The van der Waals surface area contributed by atoms with Gasteiger partial charge in [-0.05, 0) is 12.1 Å². The van der Waals surface area contributed by atoms with Crippen molar-refractivity contribution < 1.29 is 15.3 Å². The van der Waals surface area contributed by atoms with Gasteiger partial charge in [0.05, 0.1) is 24.8 Å². The van der Waals surface area contributed by atoms with Crippen LogP contribution in [-0.4, -0.2) is 45.2 Å². The third-order valence-corrected chi connectivity index (χ3v) is 2.99. The number of pyridine rings is 1. The Balaban J connectivity index is 2.32. The van der Waals surface area contributed by atoms with Crippen molar-refractivity contribution in [2.24, 2.45) is 0 Å². The van der Waals surface area contributed by atoms with Crippen LogP contribution in [-0.2, 0) is 0 Å². The van der Waals surface area contributed by atoms with E-state index >= 15 is 0 Å². The Morgan fingerprint density at radius 1 is 1.29 bits per heavy atom. The number of H-pyrrole nitrogens is 1. The molecule has 1 saturated heterocycles. The summed E-state index contributed by atoms with van der Waals surface area (Å²) in [6.45, 7) is -0.318. The van der Waals surface area contributed by atoms with Crippen LogP contribution in [0.3, 0.4) is 0 Å². The second kappa shape index (κ2) is 4.46. The first-order valence-electron chi connectivity index (χ1n) is 5.26. The van der Waals surface area contributed by atoms with Gasteiger partial charge in [0.1, 0.15) is 11.9 Å². The lowest BCUT2D eigenvalue weighted by Crippen LogP contribution is -2.36. The van der Waals surface area contributed by atoms with Crippen molar-refractivity contribution in [2.75, 3.05) is 12.3 Å². The van der Waals surface area contributed by atoms with Crippen LogP contribution in [0, 0.1) is 0 Å². The Labute approximate surface area is 96.9 Å². The molecule has 0 saturated carbocycles. The van der Waals surface area contributed by atoms with E-state index in [1.165, 1.54) is 12.1 Å². The van der Waals surface area contributed by atoms with Crippen LogP contribution in [0.2, 0.25) is 0 Å². The Hall–Kier alpha value is -1.41. The molecule has 17 heavy (non-hydrogen) atoms. The molecule has 1 aliphatic heterocycles. The molecule has 0 aliphatic carbocycles. The molecule has 94 valence electrons. The van der Waals surface area contributed by atoms with Crippen LogP contribution in [0.15, 0.2) is 16.9 Å². The molecule has 0 bridgehead atoms. The summed E-state index contributed by atoms with van der Waals surface area (Å²) in [5, 5.41) is 31.2. The largest absolute Gasteiger partial charge is 0.395 e. The van der Waals surface area contributed by atoms with E-state index < -0.39 is 29.9 Å². The Morgan fingerprint density at radius 2 is 2.00 bits per heavy atom. The van der Waals surface area contributed by atoms with E-state index in [4.69, 9.17) is 10.8 Å². The Bertz CT molecular complexity index is 461. The van der Waals surface area contributed by atoms with E-state index in [9.17, 15) is 15.0 Å². The van der Waals surface area contributed by atoms with E-state index in [0.29, 0.717) is 0 Å². The first-order valence-corrected chi connectivity index (χ1v) is 5.26. The molecule has 0 spiro atoms. The molecule has 2 rings (SSSR count). The van der Waals surface area contributed by atoms with Crippen LogP contribution in [0.4, 0.5) is 5.82 Å². The lowest BCUT2D eigenvalue weighted by atomic mass is 10.0. The minimum Gasteiger partial charge on any atom is -0.395 e. The molecular weight excluding hydrogens is 226 g/mol. The van der Waals surface area contributed by atoms with Crippen molar-refractivity contribution in [3.05, 3.63) is 28.0 Å². The highest BCUT2D eigenvalue weighted by molar-refractivity contribution is 5.32. The second-order valence-corrected chi connectivity index (χ2v) is 4.11. The normalized spacial score (nSPS) is 32.9. The summed E-state index contributed by atoms with van der Waals surface area (Å²) in [7, 11) is 0. The van der Waals surface area contributed by atoms with Crippen molar-refractivity contribution >= 4 is 5.82 Å². The predicted octanol–water partition coefficient (Wildman–Crippen LogP) is -2.32. The smallest absolute Gasteiger partial charge is 0.254 e. The zero-order chi connectivity index (χ0) is 12.6. The lowest BCUT2D eigenvalue weighted by Gasteiger charge is -2.15. The van der Waals surface area contributed by atoms with E-state index in [1.54, 1.807) is 0 Å². The van der Waals surface area contributed by atoms with Crippen molar-refractivity contribution in [1.29, 1.82) is 0 Å². The number of aromatic nitrogens is 1. The lowest BCUT2D eigenvalue weighted by molar-refractivity contribution is 0.0193. The van der Waals surface area contributed by atoms with E-state index in [-0.39, 0.29) is 18.0 Å². The molecule has 7 heteroatoms. The number of hydrogen-bond donors (Lipinski definition) is 6. The van der Waals surface area contributed by atoms with E-state index in [1.807, 2.05) is 0 Å². The highest BCUT2D eigenvalue weighted by atomic mass is 16.3.